The van der Waals surface area contributed by atoms with E-state index in [1.54, 1.807) is 28.4 Å². The van der Waals surface area contributed by atoms with Crippen molar-refractivity contribution in [1.29, 1.82) is 0 Å². The van der Waals surface area contributed by atoms with Gasteiger partial charge < -0.3 is 10.4 Å². The second-order valence-corrected chi connectivity index (χ2v) is 6.65. The van der Waals surface area contributed by atoms with Crippen LogP contribution in [-0.2, 0) is 9.59 Å². The molecule has 7 heteroatoms. The molecule has 1 aromatic rings. The number of para-hydroxylation sites is 1. The number of nitrogens with one attached hydrogen (secondary N) is 1. The number of amides is 1. The first-order chi connectivity index (χ1) is 10.1. The number of carbonyl (C=O) groups is 2. The third kappa shape index (κ3) is 4.39. The molecule has 5 nitrogen and oxygen atoms in total. The molecule has 1 amide bonds. The molecular formula is C14H18N2O3S2. The molecule has 21 heavy (non-hydrogen) atoms. The molecule has 0 aromatic heterocycles. The number of carbonyl (C=O) groups excluding carboxylic acids is 1. The van der Waals surface area contributed by atoms with Crippen LogP contribution < -0.4 is 5.32 Å². The van der Waals surface area contributed by atoms with Crippen LogP contribution in [-0.4, -0.2) is 58.8 Å². The van der Waals surface area contributed by atoms with E-state index in [4.69, 9.17) is 0 Å². The predicted octanol–water partition coefficient (Wildman–Crippen LogP) is 1.85. The SMILES string of the molecule is CSc1ccccc1NC(=O)CN1CCSCC1C(=O)O. The van der Waals surface area contributed by atoms with Gasteiger partial charge in [0.15, 0.2) is 0 Å². The van der Waals surface area contributed by atoms with Gasteiger partial charge in [-0.05, 0) is 18.4 Å². The summed E-state index contributed by atoms with van der Waals surface area (Å²) in [6.45, 7) is 0.736. The van der Waals surface area contributed by atoms with Crippen molar-refractivity contribution in [3.63, 3.8) is 0 Å². The molecule has 1 saturated heterocycles. The first-order valence-corrected chi connectivity index (χ1v) is 8.97. The lowest BCUT2D eigenvalue weighted by atomic mass is 10.2. The van der Waals surface area contributed by atoms with E-state index in [0.29, 0.717) is 12.3 Å². The summed E-state index contributed by atoms with van der Waals surface area (Å²) in [6, 6.07) is 7.00. The van der Waals surface area contributed by atoms with Crippen LogP contribution >= 0.6 is 23.5 Å². The molecule has 1 atom stereocenters. The van der Waals surface area contributed by atoms with Crippen molar-refractivity contribution in [2.24, 2.45) is 0 Å². The third-order valence-electron chi connectivity index (χ3n) is 3.25. The molecule has 1 unspecified atom stereocenters. The van der Waals surface area contributed by atoms with Gasteiger partial charge >= 0.3 is 5.97 Å². The van der Waals surface area contributed by atoms with E-state index in [-0.39, 0.29) is 12.5 Å². The number of carboxylic acid groups (broad SMARTS) is 1. The Bertz CT molecular complexity index is 525. The van der Waals surface area contributed by atoms with Crippen LogP contribution in [0.2, 0.25) is 0 Å². The molecule has 0 spiro atoms. The lowest BCUT2D eigenvalue weighted by molar-refractivity contribution is -0.142. The minimum absolute atomic E-state index is 0.111. The molecule has 0 saturated carbocycles. The number of hydrogen-bond donors (Lipinski definition) is 2. The summed E-state index contributed by atoms with van der Waals surface area (Å²) < 4.78 is 0. The zero-order valence-electron chi connectivity index (χ0n) is 11.7. The molecule has 0 bridgehead atoms. The average Bonchev–Trinajstić information content (AvgIpc) is 2.48. The Morgan fingerprint density at radius 2 is 2.24 bits per heavy atom. The third-order valence-corrected chi connectivity index (χ3v) is 5.07. The largest absolute Gasteiger partial charge is 0.480 e. The standard InChI is InChI=1S/C14H18N2O3S2/c1-20-12-5-3-2-4-10(12)15-13(17)8-16-6-7-21-9-11(16)14(18)19/h2-5,11H,6-9H2,1H3,(H,15,17)(H,18,19). The lowest BCUT2D eigenvalue weighted by Crippen LogP contribution is -2.50. The highest BCUT2D eigenvalue weighted by Gasteiger charge is 2.30. The Hall–Kier alpha value is -1.18. The molecule has 1 fully saturated rings. The Labute approximate surface area is 132 Å². The van der Waals surface area contributed by atoms with Gasteiger partial charge in [0, 0.05) is 22.9 Å². The Kier molecular flexibility index (Phi) is 5.96. The number of rotatable bonds is 5. The number of nitrogens with zero attached hydrogens (tertiary/aromatic N) is 1. The van der Waals surface area contributed by atoms with Crippen molar-refractivity contribution in [3.8, 4) is 0 Å². The minimum atomic E-state index is -0.862. The number of anilines is 1. The van der Waals surface area contributed by atoms with Crippen molar-refractivity contribution in [2.45, 2.75) is 10.9 Å². The molecular weight excluding hydrogens is 308 g/mol. The van der Waals surface area contributed by atoms with E-state index in [9.17, 15) is 14.7 Å². The molecule has 2 rings (SSSR count). The van der Waals surface area contributed by atoms with Gasteiger partial charge in [0.05, 0.1) is 12.2 Å². The van der Waals surface area contributed by atoms with E-state index in [1.165, 1.54) is 0 Å². The van der Waals surface area contributed by atoms with Crippen molar-refractivity contribution in [3.05, 3.63) is 24.3 Å². The fraction of sp³-hybridized carbons (Fsp3) is 0.429. The molecule has 2 N–H and O–H groups in total. The van der Waals surface area contributed by atoms with Crippen LogP contribution in [0.25, 0.3) is 0 Å². The van der Waals surface area contributed by atoms with Gasteiger partial charge in [0.2, 0.25) is 5.91 Å². The Morgan fingerprint density at radius 3 is 2.95 bits per heavy atom. The van der Waals surface area contributed by atoms with Gasteiger partial charge in [-0.1, -0.05) is 12.1 Å². The molecule has 1 aromatic carbocycles. The topological polar surface area (TPSA) is 69.6 Å². The summed E-state index contributed by atoms with van der Waals surface area (Å²) in [5.41, 5.74) is 0.772. The maximum Gasteiger partial charge on any atom is 0.321 e. The number of hydrogen-bond acceptors (Lipinski definition) is 5. The van der Waals surface area contributed by atoms with Crippen molar-refractivity contribution in [2.75, 3.05) is 36.2 Å². The molecule has 1 aliphatic heterocycles. The van der Waals surface area contributed by atoms with Gasteiger partial charge in [-0.25, -0.2) is 0 Å². The summed E-state index contributed by atoms with van der Waals surface area (Å²) in [5.74, 6) is 0.358. The second kappa shape index (κ2) is 7.72. The summed E-state index contributed by atoms with van der Waals surface area (Å²) in [4.78, 5) is 26.1. The van der Waals surface area contributed by atoms with E-state index < -0.39 is 12.0 Å². The number of thioether (sulfide) groups is 2. The highest BCUT2D eigenvalue weighted by molar-refractivity contribution is 7.99. The zero-order chi connectivity index (χ0) is 15.2. The highest BCUT2D eigenvalue weighted by atomic mass is 32.2. The molecule has 1 heterocycles. The molecule has 1 aliphatic rings. The fourth-order valence-electron chi connectivity index (χ4n) is 2.18. The quantitative estimate of drug-likeness (QED) is 0.805. The van der Waals surface area contributed by atoms with Gasteiger partial charge in [0.1, 0.15) is 6.04 Å². The summed E-state index contributed by atoms with van der Waals surface area (Å²) in [5, 5.41) is 12.1. The van der Waals surface area contributed by atoms with Crippen LogP contribution in [0.4, 0.5) is 5.69 Å². The Morgan fingerprint density at radius 1 is 1.48 bits per heavy atom. The van der Waals surface area contributed by atoms with E-state index in [2.05, 4.69) is 5.32 Å². The predicted molar refractivity (Wildman–Crippen MR) is 87.2 cm³/mol. The zero-order valence-corrected chi connectivity index (χ0v) is 13.4. The first kappa shape index (κ1) is 16.2. The number of benzene rings is 1. The number of carboxylic acids is 1. The molecule has 0 radical (unpaired) electrons. The van der Waals surface area contributed by atoms with Crippen LogP contribution in [0.15, 0.2) is 29.2 Å². The molecule has 0 aliphatic carbocycles. The van der Waals surface area contributed by atoms with E-state index in [0.717, 1.165) is 16.3 Å². The normalized spacial score (nSPS) is 19.2. The van der Waals surface area contributed by atoms with E-state index in [1.807, 2.05) is 30.5 Å². The van der Waals surface area contributed by atoms with Crippen molar-refractivity contribution in [1.82, 2.24) is 4.90 Å². The van der Waals surface area contributed by atoms with Gasteiger partial charge in [-0.15, -0.1) is 11.8 Å². The second-order valence-electron chi connectivity index (χ2n) is 4.65. The smallest absolute Gasteiger partial charge is 0.321 e. The van der Waals surface area contributed by atoms with Gasteiger partial charge in [-0.2, -0.15) is 11.8 Å². The first-order valence-electron chi connectivity index (χ1n) is 6.59. The Balaban J connectivity index is 1.99. The maximum absolute atomic E-state index is 12.2. The summed E-state index contributed by atoms with van der Waals surface area (Å²) in [6.07, 6.45) is 1.95. The molecule has 114 valence electrons. The van der Waals surface area contributed by atoms with Crippen LogP contribution in [0, 0.1) is 0 Å². The highest BCUT2D eigenvalue weighted by Crippen LogP contribution is 2.24. The van der Waals surface area contributed by atoms with Crippen LogP contribution in [0.3, 0.4) is 0 Å². The summed E-state index contributed by atoms with van der Waals surface area (Å²) in [7, 11) is 0. The van der Waals surface area contributed by atoms with Crippen LogP contribution in [0.1, 0.15) is 0 Å². The number of aliphatic carboxylic acids is 1. The minimum Gasteiger partial charge on any atom is -0.480 e. The van der Waals surface area contributed by atoms with E-state index >= 15 is 0 Å². The van der Waals surface area contributed by atoms with Crippen molar-refractivity contribution < 1.29 is 14.7 Å². The van der Waals surface area contributed by atoms with Crippen LogP contribution in [0.5, 0.6) is 0 Å². The van der Waals surface area contributed by atoms with Crippen molar-refractivity contribution >= 4 is 41.1 Å². The fourth-order valence-corrected chi connectivity index (χ4v) is 3.84. The summed E-state index contributed by atoms with van der Waals surface area (Å²) >= 11 is 3.18. The monoisotopic (exact) mass is 326 g/mol. The van der Waals surface area contributed by atoms with Gasteiger partial charge in [0.25, 0.3) is 0 Å². The van der Waals surface area contributed by atoms with Gasteiger partial charge in [-0.3, -0.25) is 14.5 Å². The average molecular weight is 326 g/mol. The maximum atomic E-state index is 12.2. The lowest BCUT2D eigenvalue weighted by Gasteiger charge is -2.31.